The lowest BCUT2D eigenvalue weighted by Gasteiger charge is -2.39. The topological polar surface area (TPSA) is 151 Å². The molecule has 1 aliphatic heterocycles. The highest BCUT2D eigenvalue weighted by atomic mass is 32.2. The summed E-state index contributed by atoms with van der Waals surface area (Å²) in [6.07, 6.45) is 1.82. The van der Waals surface area contributed by atoms with Gasteiger partial charge in [-0.2, -0.15) is 0 Å². The molecule has 3 aromatic heterocycles. The Balaban J connectivity index is 1.53. The number of sulfonamides is 1. The average Bonchev–Trinajstić information content (AvgIpc) is 2.92. The smallest absolute Gasteiger partial charge is 0.407 e. The van der Waals surface area contributed by atoms with Gasteiger partial charge >= 0.3 is 6.09 Å². The van der Waals surface area contributed by atoms with Gasteiger partial charge in [-0.1, -0.05) is 6.07 Å². The second kappa shape index (κ2) is 10.5. The fraction of sp³-hybridized carbons (Fsp3) is 0.240. The third-order valence-electron chi connectivity index (χ3n) is 6.40. The van der Waals surface area contributed by atoms with Crippen LogP contribution in [-0.2, 0) is 10.0 Å². The van der Waals surface area contributed by atoms with Crippen LogP contribution in [0.25, 0.3) is 22.3 Å². The predicted octanol–water partition coefficient (Wildman–Crippen LogP) is 3.36. The number of carboxylic acid groups (broad SMARTS) is 1. The van der Waals surface area contributed by atoms with Crippen molar-refractivity contribution in [1.29, 1.82) is 0 Å². The zero-order valence-electron chi connectivity index (χ0n) is 21.2. The molecule has 0 saturated carbocycles. The van der Waals surface area contributed by atoms with E-state index in [1.807, 2.05) is 11.8 Å². The maximum atomic E-state index is 14.2. The minimum atomic E-state index is -4.69. The van der Waals surface area contributed by atoms with E-state index < -0.39 is 32.6 Å². The molecule has 15 heteroatoms. The van der Waals surface area contributed by atoms with Crippen LogP contribution in [0.1, 0.15) is 6.92 Å². The Morgan fingerprint density at radius 1 is 1.12 bits per heavy atom. The molecule has 0 unspecified atom stereocenters. The molecule has 1 saturated heterocycles. The SMILES string of the molecule is COc1ncc(-c2ccc3ncnc(N4CCN(C(=O)O)C[C@@H]4C)c3n2)cc1NS(=O)(=O)c1c(F)cccc1F. The Bertz CT molecular complexity index is 1700. The monoisotopic (exact) mass is 571 g/mol. The van der Waals surface area contributed by atoms with Crippen molar-refractivity contribution in [2.75, 3.05) is 36.4 Å². The van der Waals surface area contributed by atoms with Gasteiger partial charge < -0.3 is 19.6 Å². The van der Waals surface area contributed by atoms with Crippen molar-refractivity contribution in [3.05, 3.63) is 60.6 Å². The number of ether oxygens (including phenoxy) is 1. The predicted molar refractivity (Wildman–Crippen MR) is 141 cm³/mol. The standard InChI is InChI=1S/C25H23F2N7O5S/c1-14-12-33(25(35)36)8-9-34(14)23-21-19(29-13-30-23)7-6-18(31-21)15-10-20(24(39-2)28-11-15)32-40(37,38)22-16(26)4-3-5-17(22)27/h3-7,10-11,13-14,32H,8-9,12H2,1-2H3,(H,35,36)/t14-/m0/s1. The number of rotatable bonds is 6. The van der Waals surface area contributed by atoms with E-state index in [1.165, 1.54) is 30.6 Å². The molecular formula is C25H23F2N7O5S. The fourth-order valence-electron chi connectivity index (χ4n) is 4.51. The Morgan fingerprint density at radius 3 is 2.55 bits per heavy atom. The molecule has 1 fully saturated rings. The number of hydrogen-bond acceptors (Lipinski definition) is 9. The highest BCUT2D eigenvalue weighted by Gasteiger charge is 2.29. The summed E-state index contributed by atoms with van der Waals surface area (Å²) in [7, 11) is -3.42. The third-order valence-corrected chi connectivity index (χ3v) is 7.82. The number of nitrogens with one attached hydrogen (secondary N) is 1. The average molecular weight is 572 g/mol. The molecule has 12 nitrogen and oxygen atoms in total. The maximum Gasteiger partial charge on any atom is 0.407 e. The molecule has 4 heterocycles. The molecule has 1 aliphatic rings. The van der Waals surface area contributed by atoms with Crippen molar-refractivity contribution in [2.24, 2.45) is 0 Å². The molecule has 4 aromatic rings. The number of carbonyl (C=O) groups is 1. The zero-order chi connectivity index (χ0) is 28.6. The molecule has 2 N–H and O–H groups in total. The zero-order valence-corrected chi connectivity index (χ0v) is 22.1. The largest absolute Gasteiger partial charge is 0.480 e. The first kappa shape index (κ1) is 26.9. The van der Waals surface area contributed by atoms with E-state index in [0.29, 0.717) is 41.2 Å². The van der Waals surface area contributed by atoms with Crippen LogP contribution in [0.15, 0.2) is 53.8 Å². The van der Waals surface area contributed by atoms with Crippen molar-refractivity contribution >= 4 is 38.7 Å². The van der Waals surface area contributed by atoms with E-state index in [1.54, 1.807) is 12.1 Å². The van der Waals surface area contributed by atoms with Crippen LogP contribution in [-0.4, -0.2) is 77.2 Å². The van der Waals surface area contributed by atoms with E-state index in [0.717, 1.165) is 18.2 Å². The van der Waals surface area contributed by atoms with Crippen LogP contribution in [0, 0.1) is 11.6 Å². The lowest BCUT2D eigenvalue weighted by Crippen LogP contribution is -2.53. The van der Waals surface area contributed by atoms with Crippen LogP contribution in [0.4, 0.5) is 25.1 Å². The number of amides is 1. The minimum absolute atomic E-state index is 0.126. The summed E-state index contributed by atoms with van der Waals surface area (Å²) in [6, 6.07) is 7.30. The summed E-state index contributed by atoms with van der Waals surface area (Å²) >= 11 is 0. The number of methoxy groups -OCH3 is 1. The fourth-order valence-corrected chi connectivity index (χ4v) is 5.69. The van der Waals surface area contributed by atoms with E-state index in [2.05, 4.69) is 19.7 Å². The number of pyridine rings is 2. The molecule has 0 aliphatic carbocycles. The normalized spacial score (nSPS) is 15.8. The van der Waals surface area contributed by atoms with Crippen molar-refractivity contribution in [1.82, 2.24) is 24.8 Å². The molecule has 0 radical (unpaired) electrons. The van der Waals surface area contributed by atoms with Gasteiger partial charge in [0.2, 0.25) is 5.88 Å². The van der Waals surface area contributed by atoms with E-state index in [-0.39, 0.29) is 24.2 Å². The summed E-state index contributed by atoms with van der Waals surface area (Å²) in [6.45, 7) is 2.86. The Kier molecular flexibility index (Phi) is 7.06. The van der Waals surface area contributed by atoms with E-state index in [4.69, 9.17) is 9.72 Å². The number of hydrogen-bond donors (Lipinski definition) is 2. The molecule has 208 valence electrons. The number of benzene rings is 1. The first-order valence-electron chi connectivity index (χ1n) is 12.0. The summed E-state index contributed by atoms with van der Waals surface area (Å²) < 4.78 is 61.6. The van der Waals surface area contributed by atoms with Crippen molar-refractivity contribution in [3.8, 4) is 17.1 Å². The Hall–Kier alpha value is -4.66. The number of piperazine rings is 1. The summed E-state index contributed by atoms with van der Waals surface area (Å²) in [5, 5.41) is 9.34. The molecule has 0 spiro atoms. The van der Waals surface area contributed by atoms with Gasteiger partial charge in [0.25, 0.3) is 10.0 Å². The van der Waals surface area contributed by atoms with E-state index in [9.17, 15) is 27.1 Å². The maximum absolute atomic E-state index is 14.2. The highest BCUT2D eigenvalue weighted by molar-refractivity contribution is 7.92. The first-order chi connectivity index (χ1) is 19.1. The molecule has 1 amide bonds. The molecule has 1 aromatic carbocycles. The van der Waals surface area contributed by atoms with Gasteiger partial charge in [0.1, 0.15) is 29.2 Å². The van der Waals surface area contributed by atoms with Gasteiger partial charge in [0.05, 0.1) is 18.3 Å². The lowest BCUT2D eigenvalue weighted by molar-refractivity contribution is 0.136. The number of aromatic nitrogens is 4. The number of nitrogens with zero attached hydrogens (tertiary/aromatic N) is 6. The third kappa shape index (κ3) is 5.02. The number of fused-ring (bicyclic) bond motifs is 1. The van der Waals surface area contributed by atoms with Crippen LogP contribution in [0.3, 0.4) is 0 Å². The highest BCUT2D eigenvalue weighted by Crippen LogP contribution is 2.32. The number of halogens is 2. The second-order valence-electron chi connectivity index (χ2n) is 8.97. The van der Waals surface area contributed by atoms with Crippen molar-refractivity contribution in [3.63, 3.8) is 0 Å². The van der Waals surface area contributed by atoms with Gasteiger partial charge in [-0.15, -0.1) is 0 Å². The summed E-state index contributed by atoms with van der Waals surface area (Å²) in [5.74, 6) is -2.11. The van der Waals surface area contributed by atoms with Gasteiger partial charge in [-0.05, 0) is 37.3 Å². The summed E-state index contributed by atoms with van der Waals surface area (Å²) in [5.41, 5.74) is 1.58. The van der Waals surface area contributed by atoms with Crippen LogP contribution in [0.2, 0.25) is 0 Å². The van der Waals surface area contributed by atoms with Gasteiger partial charge in [0, 0.05) is 37.4 Å². The van der Waals surface area contributed by atoms with Crippen LogP contribution < -0.4 is 14.4 Å². The summed E-state index contributed by atoms with van der Waals surface area (Å²) in [4.78, 5) is 31.1. The molecule has 40 heavy (non-hydrogen) atoms. The molecule has 0 bridgehead atoms. The molecule has 5 rings (SSSR count). The van der Waals surface area contributed by atoms with Crippen LogP contribution >= 0.6 is 0 Å². The molecule has 1 atom stereocenters. The Morgan fingerprint density at radius 2 is 1.88 bits per heavy atom. The van der Waals surface area contributed by atoms with Crippen LogP contribution in [0.5, 0.6) is 5.88 Å². The Labute approximate surface area is 227 Å². The van der Waals surface area contributed by atoms with Crippen molar-refractivity contribution in [2.45, 2.75) is 17.9 Å². The minimum Gasteiger partial charge on any atom is -0.480 e. The van der Waals surface area contributed by atoms with Crippen molar-refractivity contribution < 1.29 is 31.8 Å². The van der Waals surface area contributed by atoms with Gasteiger partial charge in [-0.25, -0.2) is 41.9 Å². The van der Waals surface area contributed by atoms with Gasteiger partial charge in [-0.3, -0.25) is 4.72 Å². The van der Waals surface area contributed by atoms with E-state index >= 15 is 0 Å². The quantitative estimate of drug-likeness (QED) is 0.353. The lowest BCUT2D eigenvalue weighted by atomic mass is 10.1. The number of anilines is 2. The first-order valence-corrected chi connectivity index (χ1v) is 13.4. The molecular weight excluding hydrogens is 548 g/mol. The van der Waals surface area contributed by atoms with Gasteiger partial charge in [0.15, 0.2) is 10.7 Å². The second-order valence-corrected chi connectivity index (χ2v) is 10.6.